The average Bonchev–Trinajstić information content (AvgIpc) is 3.18. The van der Waals surface area contributed by atoms with Gasteiger partial charge in [0.25, 0.3) is 0 Å². The van der Waals surface area contributed by atoms with E-state index in [0.29, 0.717) is 21.6 Å². The van der Waals surface area contributed by atoms with Gasteiger partial charge in [0.1, 0.15) is 5.56 Å². The molecule has 0 unspecified atom stereocenters. The molecule has 0 radical (unpaired) electrons. The van der Waals surface area contributed by atoms with Crippen LogP contribution in [0.3, 0.4) is 0 Å². The summed E-state index contributed by atoms with van der Waals surface area (Å²) >= 11 is 0. The summed E-state index contributed by atoms with van der Waals surface area (Å²) in [6, 6.07) is 5.36. The first-order chi connectivity index (χ1) is 11.8. The number of ether oxygens (including phenoxy) is 2. The summed E-state index contributed by atoms with van der Waals surface area (Å²) in [4.78, 5) is 15.3. The molecule has 10 heteroatoms. The van der Waals surface area contributed by atoms with Gasteiger partial charge in [0, 0.05) is 5.56 Å². The second kappa shape index (κ2) is 5.10. The fourth-order valence-corrected chi connectivity index (χ4v) is 2.52. The number of benzene rings is 1. The van der Waals surface area contributed by atoms with Crippen molar-refractivity contribution < 1.29 is 32.5 Å². The van der Waals surface area contributed by atoms with Crippen LogP contribution in [0, 0.1) is 0 Å². The second-order valence-electron chi connectivity index (χ2n) is 5.19. The summed E-state index contributed by atoms with van der Waals surface area (Å²) in [5.74, 6) is -0.574. The number of hydrogen-bond acceptors (Lipinski definition) is 5. The van der Waals surface area contributed by atoms with Gasteiger partial charge >= 0.3 is 12.1 Å². The van der Waals surface area contributed by atoms with Crippen LogP contribution in [0.2, 0.25) is 0 Å². The maximum atomic E-state index is 13.4. The van der Waals surface area contributed by atoms with E-state index in [4.69, 9.17) is 14.6 Å². The highest BCUT2D eigenvalue weighted by Crippen LogP contribution is 2.37. The van der Waals surface area contributed by atoms with Crippen molar-refractivity contribution in [2.24, 2.45) is 0 Å². The van der Waals surface area contributed by atoms with Gasteiger partial charge in [0.05, 0.1) is 11.9 Å². The lowest BCUT2D eigenvalue weighted by atomic mass is 10.1. The van der Waals surface area contributed by atoms with Crippen LogP contribution in [0.4, 0.5) is 13.2 Å². The van der Waals surface area contributed by atoms with Gasteiger partial charge in [-0.3, -0.25) is 0 Å². The Bertz CT molecular complexity index is 1010. The van der Waals surface area contributed by atoms with E-state index < -0.39 is 29.1 Å². The van der Waals surface area contributed by atoms with E-state index in [2.05, 4.69) is 10.1 Å². The normalized spacial score (nSPS) is 13.4. The number of carbonyl (C=O) groups is 1. The highest BCUT2D eigenvalue weighted by atomic mass is 19.4. The number of aromatic nitrogens is 3. The van der Waals surface area contributed by atoms with Crippen LogP contribution in [-0.4, -0.2) is 32.5 Å². The van der Waals surface area contributed by atoms with Gasteiger partial charge in [-0.15, -0.1) is 0 Å². The Labute approximate surface area is 137 Å². The summed E-state index contributed by atoms with van der Waals surface area (Å²) < 4.78 is 50.9. The lowest BCUT2D eigenvalue weighted by Crippen LogP contribution is -2.14. The number of fused-ring (bicyclic) bond motifs is 2. The lowest BCUT2D eigenvalue weighted by Gasteiger charge is -2.11. The van der Waals surface area contributed by atoms with Gasteiger partial charge in [0.2, 0.25) is 6.79 Å². The number of rotatable bonds is 2. The van der Waals surface area contributed by atoms with Crippen molar-refractivity contribution in [3.05, 3.63) is 41.7 Å². The molecule has 1 aliphatic heterocycles. The zero-order chi connectivity index (χ0) is 17.8. The van der Waals surface area contributed by atoms with E-state index >= 15 is 0 Å². The summed E-state index contributed by atoms with van der Waals surface area (Å²) in [5, 5.41) is 12.7. The molecular formula is C15H8F3N3O4. The summed E-state index contributed by atoms with van der Waals surface area (Å²) in [7, 11) is 0. The molecule has 0 amide bonds. The summed E-state index contributed by atoms with van der Waals surface area (Å²) in [6.45, 7) is 0.0187. The molecule has 0 spiro atoms. The van der Waals surface area contributed by atoms with E-state index in [1.54, 1.807) is 6.07 Å². The minimum atomic E-state index is -4.74. The van der Waals surface area contributed by atoms with Crippen molar-refractivity contribution in [1.82, 2.24) is 14.6 Å². The Morgan fingerprint density at radius 1 is 1.20 bits per heavy atom. The molecule has 0 atom stereocenters. The Morgan fingerprint density at radius 3 is 2.68 bits per heavy atom. The Balaban J connectivity index is 1.98. The van der Waals surface area contributed by atoms with Crippen LogP contribution in [0.25, 0.3) is 16.9 Å². The number of halogens is 3. The molecule has 1 aromatic carbocycles. The largest absolute Gasteiger partial charge is 0.477 e. The third kappa shape index (κ3) is 2.42. The molecule has 7 nitrogen and oxygen atoms in total. The molecule has 0 saturated carbocycles. The summed E-state index contributed by atoms with van der Waals surface area (Å²) in [6.07, 6.45) is -3.91. The van der Waals surface area contributed by atoms with E-state index in [-0.39, 0.29) is 12.5 Å². The molecule has 0 aliphatic carbocycles. The van der Waals surface area contributed by atoms with E-state index in [9.17, 15) is 18.0 Å². The molecule has 1 N–H and O–H groups in total. The third-order valence-electron chi connectivity index (χ3n) is 3.66. The number of nitrogens with zero attached hydrogens (tertiary/aromatic N) is 3. The molecule has 0 saturated heterocycles. The maximum Gasteiger partial charge on any atom is 0.433 e. The molecule has 25 heavy (non-hydrogen) atoms. The van der Waals surface area contributed by atoms with E-state index in [0.717, 1.165) is 12.3 Å². The van der Waals surface area contributed by atoms with Crippen molar-refractivity contribution >= 4 is 11.6 Å². The minimum absolute atomic E-state index is 0.0187. The fraction of sp³-hybridized carbons (Fsp3) is 0.133. The van der Waals surface area contributed by atoms with Crippen LogP contribution in [-0.2, 0) is 6.18 Å². The Hall–Kier alpha value is -3.30. The van der Waals surface area contributed by atoms with E-state index in [1.807, 2.05) is 0 Å². The first-order valence-corrected chi connectivity index (χ1v) is 6.94. The topological polar surface area (TPSA) is 86.0 Å². The third-order valence-corrected chi connectivity index (χ3v) is 3.66. The van der Waals surface area contributed by atoms with Gasteiger partial charge < -0.3 is 14.6 Å². The lowest BCUT2D eigenvalue weighted by molar-refractivity contribution is -0.142. The smallest absolute Gasteiger partial charge is 0.433 e. The average molecular weight is 351 g/mol. The van der Waals surface area contributed by atoms with Gasteiger partial charge in [0.15, 0.2) is 22.8 Å². The standard InChI is InChI=1S/C15H8F3N3O4/c16-15(17,18)12-4-9(7-1-2-10-11(3-7)25-6-24-10)20-13-8(14(22)23)5-19-21(12)13/h1-5H,6H2,(H,22,23). The highest BCUT2D eigenvalue weighted by Gasteiger charge is 2.36. The Morgan fingerprint density at radius 2 is 1.96 bits per heavy atom. The maximum absolute atomic E-state index is 13.4. The molecule has 128 valence electrons. The highest BCUT2D eigenvalue weighted by molar-refractivity contribution is 5.94. The van der Waals surface area contributed by atoms with Crippen molar-refractivity contribution in [3.63, 3.8) is 0 Å². The molecule has 4 rings (SSSR count). The molecule has 3 heterocycles. The van der Waals surface area contributed by atoms with Gasteiger partial charge in [-0.2, -0.15) is 18.3 Å². The number of aromatic carboxylic acids is 1. The van der Waals surface area contributed by atoms with Crippen LogP contribution in [0.1, 0.15) is 16.1 Å². The monoisotopic (exact) mass is 351 g/mol. The van der Waals surface area contributed by atoms with Gasteiger partial charge in [-0.25, -0.2) is 14.3 Å². The van der Waals surface area contributed by atoms with Crippen LogP contribution in [0.5, 0.6) is 11.5 Å². The molecule has 0 bridgehead atoms. The Kier molecular flexibility index (Phi) is 3.11. The quantitative estimate of drug-likeness (QED) is 0.764. The number of carboxylic acid groups (broad SMARTS) is 1. The van der Waals surface area contributed by atoms with Crippen molar-refractivity contribution in [2.45, 2.75) is 6.18 Å². The SMILES string of the molecule is O=C(O)c1cnn2c(C(F)(F)F)cc(-c3ccc4c(c3)OCO4)nc12. The zero-order valence-electron chi connectivity index (χ0n) is 12.2. The molecule has 3 aromatic rings. The molecule has 0 fully saturated rings. The molecule has 1 aliphatic rings. The molecule has 2 aromatic heterocycles. The number of alkyl halides is 3. The second-order valence-corrected chi connectivity index (χ2v) is 5.19. The van der Waals surface area contributed by atoms with E-state index in [1.165, 1.54) is 12.1 Å². The number of carboxylic acids is 1. The zero-order valence-corrected chi connectivity index (χ0v) is 12.2. The van der Waals surface area contributed by atoms with Gasteiger partial charge in [-0.1, -0.05) is 0 Å². The van der Waals surface area contributed by atoms with Crippen molar-refractivity contribution in [2.75, 3.05) is 6.79 Å². The summed E-state index contributed by atoms with van der Waals surface area (Å²) in [5.41, 5.74) is -1.67. The van der Waals surface area contributed by atoms with Crippen LogP contribution < -0.4 is 9.47 Å². The fourth-order valence-electron chi connectivity index (χ4n) is 2.52. The predicted octanol–water partition coefficient (Wildman–Crippen LogP) is 2.84. The first-order valence-electron chi connectivity index (χ1n) is 6.94. The molecular weight excluding hydrogens is 343 g/mol. The minimum Gasteiger partial charge on any atom is -0.477 e. The van der Waals surface area contributed by atoms with Crippen LogP contribution in [0.15, 0.2) is 30.5 Å². The van der Waals surface area contributed by atoms with Crippen molar-refractivity contribution in [3.8, 4) is 22.8 Å². The van der Waals surface area contributed by atoms with Gasteiger partial charge in [-0.05, 0) is 24.3 Å². The van der Waals surface area contributed by atoms with Crippen LogP contribution >= 0.6 is 0 Å². The van der Waals surface area contributed by atoms with Crippen molar-refractivity contribution in [1.29, 1.82) is 0 Å². The number of hydrogen-bond donors (Lipinski definition) is 1. The first kappa shape index (κ1) is 15.2. The predicted molar refractivity (Wildman–Crippen MR) is 76.5 cm³/mol.